The van der Waals surface area contributed by atoms with Crippen molar-refractivity contribution in [3.05, 3.63) is 34.1 Å². The van der Waals surface area contributed by atoms with Gasteiger partial charge in [-0.1, -0.05) is 17.7 Å². The van der Waals surface area contributed by atoms with Crippen LogP contribution in [-0.4, -0.2) is 24.6 Å². The van der Waals surface area contributed by atoms with Crippen molar-refractivity contribution < 1.29 is 23.5 Å². The molecule has 22 heavy (non-hydrogen) atoms. The zero-order valence-electron chi connectivity index (χ0n) is 12.6. The van der Waals surface area contributed by atoms with Crippen LogP contribution in [-0.2, 0) is 19.1 Å². The van der Waals surface area contributed by atoms with Crippen LogP contribution in [0.15, 0.2) is 12.1 Å². The van der Waals surface area contributed by atoms with Crippen LogP contribution in [0.4, 0.5) is 4.39 Å². The zero-order valence-corrected chi connectivity index (χ0v) is 13.3. The van der Waals surface area contributed by atoms with Gasteiger partial charge in [0.15, 0.2) is 11.7 Å². The van der Waals surface area contributed by atoms with E-state index in [2.05, 4.69) is 4.74 Å². The molecule has 0 spiro atoms. The fraction of sp³-hybridized carbons (Fsp3) is 0.400. The number of carbonyl (C=O) groups excluding carboxylic acids is 2. The SMILES string of the molecule is COC(=O)[C@H](C(=O)OC(C)(C)C)c1ccc(C#N)c(F)c1Cl. The van der Waals surface area contributed by atoms with Crippen molar-refractivity contribution in [1.82, 2.24) is 0 Å². The number of esters is 2. The van der Waals surface area contributed by atoms with Crippen molar-refractivity contribution in [2.75, 3.05) is 7.11 Å². The lowest BCUT2D eigenvalue weighted by Gasteiger charge is -2.23. The van der Waals surface area contributed by atoms with E-state index in [1.807, 2.05) is 0 Å². The van der Waals surface area contributed by atoms with Crippen LogP contribution < -0.4 is 0 Å². The third-order valence-electron chi connectivity index (χ3n) is 2.62. The van der Waals surface area contributed by atoms with Gasteiger partial charge in [0.2, 0.25) is 0 Å². The third-order valence-corrected chi connectivity index (χ3v) is 3.01. The van der Waals surface area contributed by atoms with Gasteiger partial charge in [-0.05, 0) is 32.4 Å². The van der Waals surface area contributed by atoms with E-state index in [1.165, 1.54) is 6.07 Å². The van der Waals surface area contributed by atoms with Crippen LogP contribution in [0.3, 0.4) is 0 Å². The molecule has 1 aromatic rings. The normalized spacial score (nSPS) is 12.2. The molecule has 7 heteroatoms. The Morgan fingerprint density at radius 3 is 2.36 bits per heavy atom. The predicted octanol–water partition coefficient (Wildman–Crippen LogP) is 2.95. The van der Waals surface area contributed by atoms with E-state index in [-0.39, 0.29) is 11.1 Å². The number of hydrogen-bond acceptors (Lipinski definition) is 5. The molecule has 0 aliphatic rings. The number of carbonyl (C=O) groups is 2. The number of nitrogens with zero attached hydrogens (tertiary/aromatic N) is 1. The van der Waals surface area contributed by atoms with Crippen molar-refractivity contribution in [2.45, 2.75) is 32.3 Å². The van der Waals surface area contributed by atoms with Gasteiger partial charge in [-0.25, -0.2) is 4.39 Å². The minimum atomic E-state index is -1.53. The van der Waals surface area contributed by atoms with Crippen molar-refractivity contribution in [1.29, 1.82) is 5.26 Å². The van der Waals surface area contributed by atoms with E-state index in [4.69, 9.17) is 21.6 Å². The molecule has 0 N–H and O–H groups in total. The van der Waals surface area contributed by atoms with E-state index in [0.29, 0.717) is 0 Å². The number of benzene rings is 1. The molecule has 0 aliphatic carbocycles. The van der Waals surface area contributed by atoms with E-state index >= 15 is 0 Å². The van der Waals surface area contributed by atoms with Crippen LogP contribution in [0.5, 0.6) is 0 Å². The average Bonchev–Trinajstić information content (AvgIpc) is 2.41. The van der Waals surface area contributed by atoms with Crippen LogP contribution in [0.25, 0.3) is 0 Å². The summed E-state index contributed by atoms with van der Waals surface area (Å²) in [5, 5.41) is 8.27. The molecule has 0 aliphatic heterocycles. The zero-order chi connectivity index (χ0) is 17.1. The van der Waals surface area contributed by atoms with Gasteiger partial charge in [0.05, 0.1) is 17.7 Å². The highest BCUT2D eigenvalue weighted by molar-refractivity contribution is 6.32. The van der Waals surface area contributed by atoms with Crippen LogP contribution >= 0.6 is 11.6 Å². The van der Waals surface area contributed by atoms with Crippen LogP contribution in [0.2, 0.25) is 5.02 Å². The summed E-state index contributed by atoms with van der Waals surface area (Å²) in [6.45, 7) is 4.88. The Morgan fingerprint density at radius 1 is 1.32 bits per heavy atom. The van der Waals surface area contributed by atoms with E-state index in [9.17, 15) is 14.0 Å². The molecular weight excluding hydrogens is 313 g/mol. The fourth-order valence-electron chi connectivity index (χ4n) is 1.70. The number of rotatable bonds is 3. The maximum atomic E-state index is 13.9. The first-order valence-electron chi connectivity index (χ1n) is 6.31. The second kappa shape index (κ2) is 6.75. The Labute approximate surface area is 132 Å². The topological polar surface area (TPSA) is 76.4 Å². The first-order chi connectivity index (χ1) is 10.1. The maximum Gasteiger partial charge on any atom is 0.325 e. The molecule has 0 saturated carbocycles. The third kappa shape index (κ3) is 3.95. The number of ether oxygens (including phenoxy) is 2. The largest absolute Gasteiger partial charge is 0.468 e. The van der Waals surface area contributed by atoms with Gasteiger partial charge in [0.25, 0.3) is 0 Å². The summed E-state index contributed by atoms with van der Waals surface area (Å²) < 4.78 is 23.6. The highest BCUT2D eigenvalue weighted by atomic mass is 35.5. The molecule has 0 fully saturated rings. The summed E-state index contributed by atoms with van der Waals surface area (Å²) >= 11 is 5.85. The van der Waals surface area contributed by atoms with E-state index in [0.717, 1.165) is 13.2 Å². The average molecular weight is 328 g/mol. The Morgan fingerprint density at radius 2 is 1.91 bits per heavy atom. The van der Waals surface area contributed by atoms with Gasteiger partial charge in [-0.15, -0.1) is 0 Å². The van der Waals surface area contributed by atoms with Crippen molar-refractivity contribution >= 4 is 23.5 Å². The molecule has 1 rings (SSSR count). The molecular formula is C15H15ClFNO4. The van der Waals surface area contributed by atoms with Crippen molar-refractivity contribution in [3.8, 4) is 6.07 Å². The second-order valence-electron chi connectivity index (χ2n) is 5.43. The first kappa shape index (κ1) is 17.9. The van der Waals surface area contributed by atoms with E-state index < -0.39 is 34.3 Å². The van der Waals surface area contributed by atoms with Gasteiger partial charge < -0.3 is 9.47 Å². The lowest BCUT2D eigenvalue weighted by Crippen LogP contribution is -2.32. The smallest absolute Gasteiger partial charge is 0.325 e. The summed E-state index contributed by atoms with van der Waals surface area (Å²) in [7, 11) is 1.09. The number of hydrogen-bond donors (Lipinski definition) is 0. The molecule has 0 bridgehead atoms. The van der Waals surface area contributed by atoms with Gasteiger partial charge in [-0.2, -0.15) is 5.26 Å². The molecule has 0 aromatic heterocycles. The monoisotopic (exact) mass is 327 g/mol. The standard InChI is InChI=1S/C15H15ClFNO4/c1-15(2,3)22-14(20)10(13(19)21-4)9-6-5-8(7-18)12(17)11(9)16/h5-6,10H,1-4H3/t10-/m1/s1. The molecule has 0 saturated heterocycles. The van der Waals surface area contributed by atoms with E-state index in [1.54, 1.807) is 26.8 Å². The maximum absolute atomic E-state index is 13.9. The Balaban J connectivity index is 3.37. The van der Waals surface area contributed by atoms with Gasteiger partial charge in [0.1, 0.15) is 11.7 Å². The highest BCUT2D eigenvalue weighted by Crippen LogP contribution is 2.31. The van der Waals surface area contributed by atoms with Gasteiger partial charge in [-0.3, -0.25) is 9.59 Å². The summed E-state index contributed by atoms with van der Waals surface area (Å²) in [5.74, 6) is -4.37. The number of methoxy groups -OCH3 is 1. The summed E-state index contributed by atoms with van der Waals surface area (Å²) in [5.41, 5.74) is -1.25. The molecule has 118 valence electrons. The quantitative estimate of drug-likeness (QED) is 0.630. The number of nitriles is 1. The van der Waals surface area contributed by atoms with Crippen LogP contribution in [0, 0.1) is 17.1 Å². The predicted molar refractivity (Wildman–Crippen MR) is 76.7 cm³/mol. The Hall–Kier alpha value is -2.13. The van der Waals surface area contributed by atoms with Crippen molar-refractivity contribution in [3.63, 3.8) is 0 Å². The van der Waals surface area contributed by atoms with Crippen LogP contribution in [0.1, 0.15) is 37.8 Å². The molecule has 0 unspecified atom stereocenters. The Kier molecular flexibility index (Phi) is 5.50. The van der Waals surface area contributed by atoms with Crippen molar-refractivity contribution in [2.24, 2.45) is 0 Å². The minimum absolute atomic E-state index is 0.112. The fourth-order valence-corrected chi connectivity index (χ4v) is 1.98. The van der Waals surface area contributed by atoms with Gasteiger partial charge >= 0.3 is 11.9 Å². The molecule has 5 nitrogen and oxygen atoms in total. The Bertz CT molecular complexity index is 646. The number of halogens is 2. The first-order valence-corrected chi connectivity index (χ1v) is 6.69. The second-order valence-corrected chi connectivity index (χ2v) is 5.81. The molecule has 0 heterocycles. The summed E-state index contributed by atoms with van der Waals surface area (Å²) in [4.78, 5) is 24.1. The molecule has 1 aromatic carbocycles. The van der Waals surface area contributed by atoms with Gasteiger partial charge in [0, 0.05) is 0 Å². The highest BCUT2D eigenvalue weighted by Gasteiger charge is 2.36. The molecule has 0 amide bonds. The minimum Gasteiger partial charge on any atom is -0.468 e. The molecule has 0 radical (unpaired) electrons. The lowest BCUT2D eigenvalue weighted by atomic mass is 9.97. The summed E-state index contributed by atoms with van der Waals surface area (Å²) in [6, 6.07) is 3.99. The molecule has 1 atom stereocenters. The lowest BCUT2D eigenvalue weighted by molar-refractivity contribution is -0.163. The summed E-state index contributed by atoms with van der Waals surface area (Å²) in [6.07, 6.45) is 0.